The number of rotatable bonds is 4. The highest BCUT2D eigenvalue weighted by atomic mass is 19.4. The third-order valence-electron chi connectivity index (χ3n) is 5.08. The van der Waals surface area contributed by atoms with E-state index >= 15 is 0 Å². The maximum absolute atomic E-state index is 12.3. The Kier molecular flexibility index (Phi) is 2.89. The van der Waals surface area contributed by atoms with E-state index in [9.17, 15) is 18.0 Å². The molecule has 0 radical (unpaired) electrons. The van der Waals surface area contributed by atoms with Gasteiger partial charge in [0, 0.05) is 25.6 Å². The summed E-state index contributed by atoms with van der Waals surface area (Å²) in [6, 6.07) is 0. The predicted molar refractivity (Wildman–Crippen MR) is 71.6 cm³/mol. The van der Waals surface area contributed by atoms with Crippen LogP contribution in [0.25, 0.3) is 0 Å². The third-order valence-corrected chi connectivity index (χ3v) is 5.08. The normalized spacial score (nSPS) is 33.6. The fraction of sp³-hybridized carbons (Fsp3) is 0.786. The van der Waals surface area contributed by atoms with Crippen molar-refractivity contribution in [3.8, 4) is 0 Å². The molecule has 1 N–H and O–H groups in total. The largest absolute Gasteiger partial charge is 0.424 e. The number of likely N-dealkylation sites (tertiary alicyclic amines) is 1. The summed E-state index contributed by atoms with van der Waals surface area (Å²) in [4.78, 5) is 12.5. The lowest BCUT2D eigenvalue weighted by Crippen LogP contribution is -2.76. The molecule has 0 spiro atoms. The van der Waals surface area contributed by atoms with Gasteiger partial charge in [-0.05, 0) is 19.3 Å². The molecule has 9 heteroatoms. The minimum Gasteiger partial charge on any atom is -0.424 e. The molecule has 1 saturated heterocycles. The van der Waals surface area contributed by atoms with Gasteiger partial charge in [-0.1, -0.05) is 0 Å². The Hall–Kier alpha value is -1.64. The molecule has 2 heterocycles. The van der Waals surface area contributed by atoms with Gasteiger partial charge in [0.05, 0.1) is 17.9 Å². The molecule has 23 heavy (non-hydrogen) atoms. The molecular formula is C14H17F3N4O2. The van der Waals surface area contributed by atoms with Gasteiger partial charge in [-0.2, -0.15) is 13.2 Å². The maximum Gasteiger partial charge on any atom is 0.401 e. The average molecular weight is 330 g/mol. The fourth-order valence-electron chi connectivity index (χ4n) is 4.24. The molecule has 1 aromatic rings. The highest BCUT2D eigenvalue weighted by Crippen LogP contribution is 2.67. The molecule has 3 saturated carbocycles. The molecule has 0 aromatic carbocycles. The quantitative estimate of drug-likeness (QED) is 0.902. The minimum absolute atomic E-state index is 0.0382. The highest BCUT2D eigenvalue weighted by molar-refractivity contribution is 5.75. The summed E-state index contributed by atoms with van der Waals surface area (Å²) in [6.07, 6.45) is -1.78. The first-order valence-corrected chi connectivity index (χ1v) is 7.61. The van der Waals surface area contributed by atoms with Gasteiger partial charge in [0.2, 0.25) is 17.7 Å². The number of nitrogens with one attached hydrogen (secondary N) is 1. The third kappa shape index (κ3) is 2.41. The second kappa shape index (κ2) is 4.46. The van der Waals surface area contributed by atoms with Gasteiger partial charge in [0.15, 0.2) is 0 Å². The van der Waals surface area contributed by atoms with Crippen LogP contribution in [0.3, 0.4) is 0 Å². The van der Waals surface area contributed by atoms with E-state index in [-0.39, 0.29) is 22.8 Å². The number of amides is 1. The fourth-order valence-corrected chi connectivity index (χ4v) is 4.24. The van der Waals surface area contributed by atoms with Crippen LogP contribution in [0.5, 0.6) is 0 Å². The summed E-state index contributed by atoms with van der Waals surface area (Å²) in [5.41, 5.74) is -0.246. The van der Waals surface area contributed by atoms with Crippen LogP contribution < -0.4 is 5.32 Å². The summed E-state index contributed by atoms with van der Waals surface area (Å²) in [7, 11) is 0. The molecular weight excluding hydrogens is 313 g/mol. The summed E-state index contributed by atoms with van der Waals surface area (Å²) in [5, 5.41) is 11.1. The Labute approximate surface area is 130 Å². The Balaban J connectivity index is 1.33. The zero-order valence-corrected chi connectivity index (χ0v) is 12.6. The van der Waals surface area contributed by atoms with Crippen LogP contribution in [0.15, 0.2) is 4.42 Å². The maximum atomic E-state index is 12.3. The molecule has 1 aliphatic heterocycles. The Morgan fingerprint density at radius 3 is 2.57 bits per heavy atom. The van der Waals surface area contributed by atoms with Gasteiger partial charge in [-0.3, -0.25) is 9.69 Å². The van der Waals surface area contributed by atoms with E-state index < -0.39 is 12.7 Å². The van der Waals surface area contributed by atoms with Crippen molar-refractivity contribution in [1.82, 2.24) is 20.4 Å². The summed E-state index contributed by atoms with van der Waals surface area (Å²) < 4.78 is 42.6. The van der Waals surface area contributed by atoms with Gasteiger partial charge >= 0.3 is 6.18 Å². The zero-order valence-electron chi connectivity index (χ0n) is 12.6. The van der Waals surface area contributed by atoms with E-state index in [2.05, 4.69) is 15.5 Å². The SMILES string of the molecule is CC(=O)NC12CC(c3nnc(C4CN(CC(F)(F)F)C4)o3)(C1)C2. The average Bonchev–Trinajstić information content (AvgIpc) is 2.73. The molecule has 126 valence electrons. The van der Waals surface area contributed by atoms with Crippen LogP contribution >= 0.6 is 0 Å². The number of alkyl halides is 3. The van der Waals surface area contributed by atoms with Crippen molar-refractivity contribution in [2.24, 2.45) is 0 Å². The second-order valence-corrected chi connectivity index (χ2v) is 7.22. The first kappa shape index (κ1) is 14.9. The number of carbonyl (C=O) groups excluding carboxylic acids is 1. The molecule has 1 aromatic heterocycles. The molecule has 0 atom stereocenters. The van der Waals surface area contributed by atoms with E-state index in [1.54, 1.807) is 0 Å². The van der Waals surface area contributed by atoms with Crippen LogP contribution in [-0.4, -0.2) is 52.4 Å². The molecule has 6 nitrogen and oxygen atoms in total. The first-order valence-electron chi connectivity index (χ1n) is 7.61. The van der Waals surface area contributed by atoms with Crippen molar-refractivity contribution in [2.45, 2.75) is 49.2 Å². The van der Waals surface area contributed by atoms with Crippen molar-refractivity contribution in [1.29, 1.82) is 0 Å². The second-order valence-electron chi connectivity index (χ2n) is 7.22. The topological polar surface area (TPSA) is 71.3 Å². The van der Waals surface area contributed by atoms with Gasteiger partial charge in [0.1, 0.15) is 0 Å². The van der Waals surface area contributed by atoms with Gasteiger partial charge in [-0.25, -0.2) is 0 Å². The lowest BCUT2D eigenvalue weighted by Gasteiger charge is -2.68. The molecule has 3 aliphatic carbocycles. The van der Waals surface area contributed by atoms with Crippen LogP contribution in [-0.2, 0) is 10.2 Å². The van der Waals surface area contributed by atoms with E-state index in [1.165, 1.54) is 11.8 Å². The lowest BCUT2D eigenvalue weighted by molar-refractivity contribution is -0.155. The zero-order chi connectivity index (χ0) is 16.5. The van der Waals surface area contributed by atoms with Crippen molar-refractivity contribution in [2.75, 3.05) is 19.6 Å². The number of carbonyl (C=O) groups is 1. The lowest BCUT2D eigenvalue weighted by atomic mass is 9.39. The number of halogens is 3. The summed E-state index contributed by atoms with van der Waals surface area (Å²) in [6.45, 7) is 1.20. The van der Waals surface area contributed by atoms with Crippen molar-refractivity contribution >= 4 is 5.91 Å². The summed E-state index contributed by atoms with van der Waals surface area (Å²) in [5.74, 6) is 0.838. The molecule has 2 bridgehead atoms. The van der Waals surface area contributed by atoms with E-state index in [1.807, 2.05) is 0 Å². The number of hydrogen-bond donors (Lipinski definition) is 1. The first-order chi connectivity index (χ1) is 10.7. The van der Waals surface area contributed by atoms with Gasteiger partial charge < -0.3 is 9.73 Å². The van der Waals surface area contributed by atoms with E-state index in [0.29, 0.717) is 24.9 Å². The van der Waals surface area contributed by atoms with Crippen LogP contribution in [0.2, 0.25) is 0 Å². The highest BCUT2D eigenvalue weighted by Gasteiger charge is 2.71. The molecule has 5 rings (SSSR count). The molecule has 0 unspecified atom stereocenters. The van der Waals surface area contributed by atoms with Gasteiger partial charge in [0.25, 0.3) is 0 Å². The Bertz CT molecular complexity index is 631. The molecule has 4 aliphatic rings. The number of nitrogens with zero attached hydrogens (tertiary/aromatic N) is 3. The van der Waals surface area contributed by atoms with Crippen molar-refractivity contribution < 1.29 is 22.4 Å². The number of hydrogen-bond acceptors (Lipinski definition) is 5. The Morgan fingerprint density at radius 1 is 1.35 bits per heavy atom. The smallest absolute Gasteiger partial charge is 0.401 e. The van der Waals surface area contributed by atoms with Crippen LogP contribution in [0.4, 0.5) is 13.2 Å². The summed E-state index contributed by atoms with van der Waals surface area (Å²) >= 11 is 0. The van der Waals surface area contributed by atoms with Crippen LogP contribution in [0, 0.1) is 0 Å². The van der Waals surface area contributed by atoms with E-state index in [4.69, 9.17) is 4.42 Å². The number of aromatic nitrogens is 2. The van der Waals surface area contributed by atoms with Crippen LogP contribution in [0.1, 0.15) is 43.9 Å². The molecule has 1 amide bonds. The van der Waals surface area contributed by atoms with Crippen molar-refractivity contribution in [3.63, 3.8) is 0 Å². The van der Waals surface area contributed by atoms with Crippen molar-refractivity contribution in [3.05, 3.63) is 11.8 Å². The van der Waals surface area contributed by atoms with Gasteiger partial charge in [-0.15, -0.1) is 10.2 Å². The molecule has 4 fully saturated rings. The minimum atomic E-state index is -4.17. The predicted octanol–water partition coefficient (Wildman–Crippen LogP) is 1.34. The monoisotopic (exact) mass is 330 g/mol. The van der Waals surface area contributed by atoms with E-state index in [0.717, 1.165) is 19.3 Å². The Morgan fingerprint density at radius 2 is 2.00 bits per heavy atom. The standard InChI is InChI=1S/C14H17F3N4O2/c1-8(22)18-13-4-12(5-13,6-13)11-20-19-10(23-11)9-2-21(3-9)7-14(15,16)17/h9H,2-7H2,1H3,(H,18,22).